The number of carbonyl (C=O) groups excluding carboxylic acids is 1. The molecule has 1 rings (SSSR count). The second-order valence-electron chi connectivity index (χ2n) is 2.16. The minimum absolute atomic E-state index is 0.0638. The maximum atomic E-state index is 10.1. The van der Waals surface area contributed by atoms with Crippen LogP contribution in [-0.4, -0.2) is 31.7 Å². The first-order valence-electron chi connectivity index (χ1n) is 3.01. The Kier molecular flexibility index (Phi) is 2.19. The first-order chi connectivity index (χ1) is 4.33. The summed E-state index contributed by atoms with van der Waals surface area (Å²) in [4.78, 5) is 10.1. The van der Waals surface area contributed by atoms with Crippen molar-refractivity contribution in [1.29, 1.82) is 0 Å². The zero-order valence-corrected chi connectivity index (χ0v) is 5.37. The molecular weight excluding hydrogens is 120 g/mol. The maximum absolute atomic E-state index is 10.1. The molecule has 0 amide bonds. The molecule has 0 N–H and O–H groups in total. The van der Waals surface area contributed by atoms with Crippen molar-refractivity contribution < 1.29 is 14.3 Å². The van der Waals surface area contributed by atoms with Crippen molar-refractivity contribution in [1.82, 2.24) is 0 Å². The van der Waals surface area contributed by atoms with Gasteiger partial charge >= 0.3 is 0 Å². The highest BCUT2D eigenvalue weighted by molar-refractivity contribution is 5.56. The molecule has 0 radical (unpaired) electrons. The fourth-order valence-corrected chi connectivity index (χ4v) is 0.798. The molecule has 1 aliphatic rings. The van der Waals surface area contributed by atoms with E-state index in [1.807, 2.05) is 6.92 Å². The van der Waals surface area contributed by atoms with Crippen LogP contribution in [0.1, 0.15) is 6.92 Å². The summed E-state index contributed by atoms with van der Waals surface area (Å²) in [5.74, 6) is 0. The van der Waals surface area contributed by atoms with Gasteiger partial charge in [-0.3, -0.25) is 0 Å². The van der Waals surface area contributed by atoms with Gasteiger partial charge < -0.3 is 14.3 Å². The highest BCUT2D eigenvalue weighted by Gasteiger charge is 2.17. The smallest absolute Gasteiger partial charge is 0.151 e. The molecule has 52 valence electrons. The second-order valence-corrected chi connectivity index (χ2v) is 2.16. The van der Waals surface area contributed by atoms with Gasteiger partial charge in [-0.25, -0.2) is 0 Å². The van der Waals surface area contributed by atoms with E-state index in [4.69, 9.17) is 9.47 Å². The van der Waals surface area contributed by atoms with Gasteiger partial charge in [0.15, 0.2) is 6.29 Å². The highest BCUT2D eigenvalue weighted by atomic mass is 16.6. The summed E-state index contributed by atoms with van der Waals surface area (Å²) in [6.45, 7) is 2.90. The van der Waals surface area contributed by atoms with Crippen LogP contribution in [0.15, 0.2) is 0 Å². The van der Waals surface area contributed by atoms with Crippen molar-refractivity contribution in [2.75, 3.05) is 13.2 Å². The summed E-state index contributed by atoms with van der Waals surface area (Å²) >= 11 is 0. The molecule has 0 aromatic heterocycles. The van der Waals surface area contributed by atoms with Gasteiger partial charge in [-0.05, 0) is 6.92 Å². The summed E-state index contributed by atoms with van der Waals surface area (Å²) < 4.78 is 10.2. The van der Waals surface area contributed by atoms with Crippen LogP contribution in [0.4, 0.5) is 0 Å². The Morgan fingerprint density at radius 3 is 2.78 bits per heavy atom. The molecule has 1 fully saturated rings. The molecule has 2 atom stereocenters. The van der Waals surface area contributed by atoms with E-state index in [1.165, 1.54) is 0 Å². The Morgan fingerprint density at radius 2 is 2.33 bits per heavy atom. The fraction of sp³-hybridized carbons (Fsp3) is 0.833. The third-order valence-corrected chi connectivity index (χ3v) is 1.19. The molecule has 1 heterocycles. The molecule has 2 unspecified atom stereocenters. The van der Waals surface area contributed by atoms with Crippen molar-refractivity contribution in [2.24, 2.45) is 0 Å². The minimum atomic E-state index is -0.339. The predicted molar refractivity (Wildman–Crippen MR) is 31.2 cm³/mol. The van der Waals surface area contributed by atoms with Gasteiger partial charge in [0, 0.05) is 0 Å². The molecule has 0 spiro atoms. The summed E-state index contributed by atoms with van der Waals surface area (Å²) in [5.41, 5.74) is 0. The van der Waals surface area contributed by atoms with Crippen LogP contribution in [0.3, 0.4) is 0 Å². The molecule has 0 saturated carbocycles. The van der Waals surface area contributed by atoms with E-state index in [2.05, 4.69) is 0 Å². The first kappa shape index (κ1) is 6.71. The largest absolute Gasteiger partial charge is 0.376 e. The molecule has 3 nitrogen and oxygen atoms in total. The number of aldehydes is 1. The van der Waals surface area contributed by atoms with Crippen molar-refractivity contribution in [2.45, 2.75) is 19.1 Å². The van der Waals surface area contributed by atoms with Crippen LogP contribution in [-0.2, 0) is 14.3 Å². The van der Waals surface area contributed by atoms with E-state index in [1.54, 1.807) is 0 Å². The van der Waals surface area contributed by atoms with E-state index >= 15 is 0 Å². The average molecular weight is 130 g/mol. The van der Waals surface area contributed by atoms with E-state index in [0.29, 0.717) is 13.2 Å². The monoisotopic (exact) mass is 130 g/mol. The SMILES string of the molecule is CC1COCC(C=O)O1. The number of carbonyl (C=O) groups is 1. The standard InChI is InChI=1S/C6H10O3/c1-5-3-8-4-6(2-7)9-5/h2,5-6H,3-4H2,1H3. The van der Waals surface area contributed by atoms with Crippen LogP contribution >= 0.6 is 0 Å². The molecule has 9 heavy (non-hydrogen) atoms. The highest BCUT2D eigenvalue weighted by Crippen LogP contribution is 2.04. The van der Waals surface area contributed by atoms with Crippen LogP contribution < -0.4 is 0 Å². The summed E-state index contributed by atoms with van der Waals surface area (Å²) in [7, 11) is 0. The van der Waals surface area contributed by atoms with Crippen molar-refractivity contribution in [3.05, 3.63) is 0 Å². The first-order valence-corrected chi connectivity index (χ1v) is 3.01. The zero-order chi connectivity index (χ0) is 6.69. The number of hydrogen-bond acceptors (Lipinski definition) is 3. The van der Waals surface area contributed by atoms with Crippen molar-refractivity contribution >= 4 is 6.29 Å². The molecule has 3 heteroatoms. The predicted octanol–water partition coefficient (Wildman–Crippen LogP) is -0.0108. The van der Waals surface area contributed by atoms with Gasteiger partial charge in [0.1, 0.15) is 6.10 Å². The molecule has 1 saturated heterocycles. The molecule has 0 bridgehead atoms. The second kappa shape index (κ2) is 2.94. The van der Waals surface area contributed by atoms with Crippen LogP contribution in [0.2, 0.25) is 0 Å². The summed E-state index contributed by atoms with van der Waals surface area (Å²) in [6.07, 6.45) is 0.498. The number of ether oxygens (including phenoxy) is 2. The Balaban J connectivity index is 2.31. The van der Waals surface area contributed by atoms with Gasteiger partial charge in [0.2, 0.25) is 0 Å². The molecule has 0 aromatic rings. The molecule has 0 aliphatic carbocycles. The Hall–Kier alpha value is -0.410. The van der Waals surface area contributed by atoms with Gasteiger partial charge in [0.05, 0.1) is 19.3 Å². The van der Waals surface area contributed by atoms with E-state index in [-0.39, 0.29) is 12.2 Å². The molecular formula is C6H10O3. The Labute approximate surface area is 53.9 Å². The lowest BCUT2D eigenvalue weighted by Gasteiger charge is -2.23. The van der Waals surface area contributed by atoms with Crippen molar-refractivity contribution in [3.8, 4) is 0 Å². The average Bonchev–Trinajstić information content (AvgIpc) is 1.88. The lowest BCUT2D eigenvalue weighted by Crippen LogP contribution is -2.35. The summed E-state index contributed by atoms with van der Waals surface area (Å²) in [5, 5.41) is 0. The lowest BCUT2D eigenvalue weighted by atomic mass is 10.3. The quantitative estimate of drug-likeness (QED) is 0.468. The van der Waals surface area contributed by atoms with Crippen LogP contribution in [0.25, 0.3) is 0 Å². The zero-order valence-electron chi connectivity index (χ0n) is 5.37. The Morgan fingerprint density at radius 1 is 1.56 bits per heavy atom. The van der Waals surface area contributed by atoms with Gasteiger partial charge in [0.25, 0.3) is 0 Å². The van der Waals surface area contributed by atoms with Crippen molar-refractivity contribution in [3.63, 3.8) is 0 Å². The topological polar surface area (TPSA) is 35.5 Å². The minimum Gasteiger partial charge on any atom is -0.376 e. The number of hydrogen-bond donors (Lipinski definition) is 0. The lowest BCUT2D eigenvalue weighted by molar-refractivity contribution is -0.147. The van der Waals surface area contributed by atoms with E-state index in [9.17, 15) is 4.79 Å². The maximum Gasteiger partial charge on any atom is 0.151 e. The molecule has 0 aromatic carbocycles. The van der Waals surface area contributed by atoms with Crippen LogP contribution in [0.5, 0.6) is 0 Å². The fourth-order valence-electron chi connectivity index (χ4n) is 0.798. The van der Waals surface area contributed by atoms with Gasteiger partial charge in [-0.15, -0.1) is 0 Å². The third-order valence-electron chi connectivity index (χ3n) is 1.19. The normalized spacial score (nSPS) is 36.1. The van der Waals surface area contributed by atoms with E-state index < -0.39 is 0 Å². The molecule has 1 aliphatic heterocycles. The van der Waals surface area contributed by atoms with E-state index in [0.717, 1.165) is 6.29 Å². The number of rotatable bonds is 1. The summed E-state index contributed by atoms with van der Waals surface area (Å²) in [6, 6.07) is 0. The Bertz CT molecular complexity index is 102. The van der Waals surface area contributed by atoms with Gasteiger partial charge in [-0.2, -0.15) is 0 Å². The van der Waals surface area contributed by atoms with Crippen LogP contribution in [0, 0.1) is 0 Å². The van der Waals surface area contributed by atoms with Gasteiger partial charge in [-0.1, -0.05) is 0 Å². The third kappa shape index (κ3) is 1.77.